The van der Waals surface area contributed by atoms with E-state index in [1.165, 1.54) is 5.56 Å². The van der Waals surface area contributed by atoms with Gasteiger partial charge in [-0.2, -0.15) is 0 Å². The lowest BCUT2D eigenvalue weighted by Crippen LogP contribution is -2.14. The lowest BCUT2D eigenvalue weighted by molar-refractivity contribution is 0.176. The summed E-state index contributed by atoms with van der Waals surface area (Å²) in [7, 11) is 1.74. The summed E-state index contributed by atoms with van der Waals surface area (Å²) in [6.45, 7) is 3.05. The highest BCUT2D eigenvalue weighted by Gasteiger charge is 2.10. The Hall–Kier alpha value is -0.860. The Labute approximate surface area is 92.4 Å². The van der Waals surface area contributed by atoms with Gasteiger partial charge >= 0.3 is 0 Å². The van der Waals surface area contributed by atoms with Crippen LogP contribution in [0.25, 0.3) is 0 Å². The van der Waals surface area contributed by atoms with Crippen molar-refractivity contribution in [3.8, 4) is 0 Å². The van der Waals surface area contributed by atoms with Crippen molar-refractivity contribution in [2.75, 3.05) is 13.7 Å². The predicted octanol–water partition coefficient (Wildman–Crippen LogP) is 2.75. The largest absolute Gasteiger partial charge is 0.385 e. The van der Waals surface area contributed by atoms with Crippen molar-refractivity contribution in [3.63, 3.8) is 0 Å². The number of nitrogens with two attached hydrogens (primary N) is 1. The molecule has 0 bridgehead atoms. The van der Waals surface area contributed by atoms with Crippen molar-refractivity contribution in [1.29, 1.82) is 0 Å². The molecule has 2 nitrogen and oxygen atoms in total. The zero-order valence-corrected chi connectivity index (χ0v) is 9.65. The van der Waals surface area contributed by atoms with Gasteiger partial charge in [0.05, 0.1) is 0 Å². The number of methoxy groups -OCH3 is 1. The van der Waals surface area contributed by atoms with Crippen LogP contribution < -0.4 is 5.73 Å². The van der Waals surface area contributed by atoms with E-state index in [1.807, 2.05) is 18.2 Å². The van der Waals surface area contributed by atoms with Gasteiger partial charge in [0.25, 0.3) is 0 Å². The van der Waals surface area contributed by atoms with Gasteiger partial charge in [0.1, 0.15) is 0 Å². The molecular weight excluding hydrogens is 186 g/mol. The molecule has 15 heavy (non-hydrogen) atoms. The number of rotatable bonds is 6. The first-order valence-corrected chi connectivity index (χ1v) is 5.53. The lowest BCUT2D eigenvalue weighted by Gasteiger charge is -2.17. The highest BCUT2D eigenvalue weighted by atomic mass is 16.5. The van der Waals surface area contributed by atoms with Crippen molar-refractivity contribution in [2.45, 2.75) is 25.8 Å². The van der Waals surface area contributed by atoms with Crippen LogP contribution in [-0.2, 0) is 4.74 Å². The zero-order chi connectivity index (χ0) is 11.1. The van der Waals surface area contributed by atoms with Crippen molar-refractivity contribution < 1.29 is 4.74 Å². The van der Waals surface area contributed by atoms with Crippen molar-refractivity contribution in [2.24, 2.45) is 11.7 Å². The topological polar surface area (TPSA) is 35.2 Å². The van der Waals surface area contributed by atoms with Gasteiger partial charge in [-0.3, -0.25) is 0 Å². The van der Waals surface area contributed by atoms with Crippen LogP contribution in [-0.4, -0.2) is 13.7 Å². The Balaban J connectivity index is 2.38. The van der Waals surface area contributed by atoms with E-state index in [4.69, 9.17) is 10.5 Å². The van der Waals surface area contributed by atoms with Gasteiger partial charge < -0.3 is 10.5 Å². The summed E-state index contributed by atoms with van der Waals surface area (Å²) >= 11 is 0. The van der Waals surface area contributed by atoms with Crippen LogP contribution in [0, 0.1) is 5.92 Å². The second kappa shape index (κ2) is 6.59. The van der Waals surface area contributed by atoms with Gasteiger partial charge in [-0.15, -0.1) is 0 Å². The smallest absolute Gasteiger partial charge is 0.0464 e. The quantitative estimate of drug-likeness (QED) is 0.778. The molecule has 0 saturated carbocycles. The zero-order valence-electron chi connectivity index (χ0n) is 9.65. The van der Waals surface area contributed by atoms with Crippen LogP contribution in [0.3, 0.4) is 0 Å². The molecule has 0 heterocycles. The third-order valence-electron chi connectivity index (χ3n) is 2.70. The van der Waals surface area contributed by atoms with E-state index in [0.29, 0.717) is 5.92 Å². The minimum absolute atomic E-state index is 0.151. The van der Waals surface area contributed by atoms with Gasteiger partial charge in [0.2, 0.25) is 0 Å². The van der Waals surface area contributed by atoms with Gasteiger partial charge in [0.15, 0.2) is 0 Å². The van der Waals surface area contributed by atoms with Crippen LogP contribution in [0.15, 0.2) is 30.3 Å². The maximum atomic E-state index is 6.13. The second-order valence-corrected chi connectivity index (χ2v) is 4.14. The van der Waals surface area contributed by atoms with Crippen molar-refractivity contribution >= 4 is 0 Å². The van der Waals surface area contributed by atoms with Crippen LogP contribution in [0.4, 0.5) is 0 Å². The summed E-state index contributed by atoms with van der Waals surface area (Å²) in [5.41, 5.74) is 7.35. The Morgan fingerprint density at radius 1 is 1.27 bits per heavy atom. The Kier molecular flexibility index (Phi) is 5.37. The predicted molar refractivity (Wildman–Crippen MR) is 63.6 cm³/mol. The molecule has 2 atom stereocenters. The molecule has 0 radical (unpaired) electrons. The molecule has 0 amide bonds. The first-order valence-electron chi connectivity index (χ1n) is 5.53. The molecule has 0 aliphatic carbocycles. The standard InChI is InChI=1S/C13H21NO/c1-11(8-9-15-2)10-13(14)12-6-4-3-5-7-12/h3-7,11,13H,8-10,14H2,1-2H3. The normalized spacial score (nSPS) is 14.9. The van der Waals surface area contributed by atoms with E-state index >= 15 is 0 Å². The van der Waals surface area contributed by atoms with E-state index in [-0.39, 0.29) is 6.04 Å². The maximum Gasteiger partial charge on any atom is 0.0464 e. The molecule has 0 saturated heterocycles. The van der Waals surface area contributed by atoms with Crippen molar-refractivity contribution in [3.05, 3.63) is 35.9 Å². The van der Waals surface area contributed by atoms with E-state index in [0.717, 1.165) is 19.4 Å². The van der Waals surface area contributed by atoms with Crippen molar-refractivity contribution in [1.82, 2.24) is 0 Å². The highest BCUT2D eigenvalue weighted by Crippen LogP contribution is 2.20. The van der Waals surface area contributed by atoms with Gasteiger partial charge in [-0.25, -0.2) is 0 Å². The Morgan fingerprint density at radius 2 is 1.93 bits per heavy atom. The summed E-state index contributed by atoms with van der Waals surface area (Å²) < 4.78 is 5.06. The SMILES string of the molecule is COCCC(C)CC(N)c1ccccc1. The highest BCUT2D eigenvalue weighted by molar-refractivity contribution is 5.18. The molecule has 1 aromatic rings. The third kappa shape index (κ3) is 4.45. The molecule has 0 aromatic heterocycles. The molecule has 0 fully saturated rings. The average Bonchev–Trinajstić information content (AvgIpc) is 2.27. The summed E-state index contributed by atoms with van der Waals surface area (Å²) in [6, 6.07) is 10.4. The number of hydrogen-bond donors (Lipinski definition) is 1. The van der Waals surface area contributed by atoms with E-state index in [1.54, 1.807) is 7.11 Å². The van der Waals surface area contributed by atoms with Gasteiger partial charge in [-0.05, 0) is 24.3 Å². The molecule has 0 aliphatic rings. The van der Waals surface area contributed by atoms with Crippen LogP contribution >= 0.6 is 0 Å². The Bertz CT molecular complexity index is 260. The first kappa shape index (κ1) is 12.2. The summed E-state index contributed by atoms with van der Waals surface area (Å²) in [6.07, 6.45) is 2.10. The lowest BCUT2D eigenvalue weighted by atomic mass is 9.95. The monoisotopic (exact) mass is 207 g/mol. The minimum Gasteiger partial charge on any atom is -0.385 e. The second-order valence-electron chi connectivity index (χ2n) is 4.14. The van der Waals surface area contributed by atoms with Crippen LogP contribution in [0.2, 0.25) is 0 Å². The number of benzene rings is 1. The maximum absolute atomic E-state index is 6.13. The fraction of sp³-hybridized carbons (Fsp3) is 0.538. The third-order valence-corrected chi connectivity index (χ3v) is 2.70. The number of ether oxygens (including phenoxy) is 1. The minimum atomic E-state index is 0.151. The van der Waals surface area contributed by atoms with Gasteiger partial charge in [0, 0.05) is 19.8 Å². The van der Waals surface area contributed by atoms with E-state index in [2.05, 4.69) is 19.1 Å². The van der Waals surface area contributed by atoms with E-state index in [9.17, 15) is 0 Å². The molecule has 84 valence electrons. The molecule has 2 unspecified atom stereocenters. The molecule has 2 N–H and O–H groups in total. The van der Waals surface area contributed by atoms with Crippen LogP contribution in [0.5, 0.6) is 0 Å². The fourth-order valence-electron chi connectivity index (χ4n) is 1.71. The molecular formula is C13H21NO. The molecule has 1 aromatic carbocycles. The molecule has 0 spiro atoms. The molecule has 2 heteroatoms. The summed E-state index contributed by atoms with van der Waals surface area (Å²) in [5, 5.41) is 0. The first-order chi connectivity index (χ1) is 7.24. The Morgan fingerprint density at radius 3 is 2.53 bits per heavy atom. The summed E-state index contributed by atoms with van der Waals surface area (Å²) in [5.74, 6) is 0.611. The van der Waals surface area contributed by atoms with Gasteiger partial charge in [-0.1, -0.05) is 37.3 Å². The average molecular weight is 207 g/mol. The van der Waals surface area contributed by atoms with Crippen LogP contribution in [0.1, 0.15) is 31.4 Å². The number of hydrogen-bond acceptors (Lipinski definition) is 2. The fourth-order valence-corrected chi connectivity index (χ4v) is 1.71. The van der Waals surface area contributed by atoms with E-state index < -0.39 is 0 Å². The summed E-state index contributed by atoms with van der Waals surface area (Å²) in [4.78, 5) is 0. The molecule has 0 aliphatic heterocycles. The molecule has 1 rings (SSSR count).